The van der Waals surface area contributed by atoms with E-state index in [9.17, 15) is 19.5 Å². The zero-order valence-electron chi connectivity index (χ0n) is 12.0. The molecule has 0 saturated heterocycles. The van der Waals surface area contributed by atoms with Gasteiger partial charge in [0.25, 0.3) is 5.91 Å². The third-order valence-corrected chi connectivity index (χ3v) is 3.02. The molecule has 2 N–H and O–H groups in total. The SMILES string of the molecule is NC(=O)N(C(=O)c1ccccc1)c1ccccc1/C=C/C(=O)[O-]. The molecular weight excluding hydrogens is 296 g/mol. The Kier molecular flexibility index (Phi) is 4.89. The predicted molar refractivity (Wildman–Crippen MR) is 83.3 cm³/mol. The maximum atomic E-state index is 12.5. The molecule has 116 valence electrons. The minimum atomic E-state index is -1.39. The molecule has 0 atom stereocenters. The number of carboxylic acid groups (broad SMARTS) is 1. The number of rotatable bonds is 4. The van der Waals surface area contributed by atoms with Crippen LogP contribution in [0.4, 0.5) is 10.5 Å². The van der Waals surface area contributed by atoms with Gasteiger partial charge in [-0.1, -0.05) is 42.5 Å². The summed E-state index contributed by atoms with van der Waals surface area (Å²) in [5, 5.41) is 10.6. The van der Waals surface area contributed by atoms with Crippen LogP contribution in [0.1, 0.15) is 15.9 Å². The summed E-state index contributed by atoms with van der Waals surface area (Å²) in [6.45, 7) is 0. The fourth-order valence-corrected chi connectivity index (χ4v) is 2.03. The molecule has 2 aromatic rings. The van der Waals surface area contributed by atoms with E-state index >= 15 is 0 Å². The molecule has 2 rings (SSSR count). The van der Waals surface area contributed by atoms with Crippen molar-refractivity contribution >= 4 is 29.7 Å². The normalized spacial score (nSPS) is 10.4. The smallest absolute Gasteiger partial charge is 0.326 e. The number of imide groups is 1. The largest absolute Gasteiger partial charge is 0.545 e. The lowest BCUT2D eigenvalue weighted by Gasteiger charge is -2.20. The van der Waals surface area contributed by atoms with Crippen molar-refractivity contribution in [1.82, 2.24) is 0 Å². The van der Waals surface area contributed by atoms with E-state index in [-0.39, 0.29) is 11.3 Å². The van der Waals surface area contributed by atoms with Crippen LogP contribution < -0.4 is 15.7 Å². The summed E-state index contributed by atoms with van der Waals surface area (Å²) in [7, 11) is 0. The van der Waals surface area contributed by atoms with Crippen molar-refractivity contribution in [3.8, 4) is 0 Å². The van der Waals surface area contributed by atoms with Gasteiger partial charge in [-0.3, -0.25) is 4.79 Å². The molecule has 6 nitrogen and oxygen atoms in total. The van der Waals surface area contributed by atoms with Gasteiger partial charge in [0.1, 0.15) is 0 Å². The van der Waals surface area contributed by atoms with Crippen LogP contribution >= 0.6 is 0 Å². The second-order valence-corrected chi connectivity index (χ2v) is 4.56. The van der Waals surface area contributed by atoms with Gasteiger partial charge < -0.3 is 15.6 Å². The predicted octanol–water partition coefficient (Wildman–Crippen LogP) is 1.18. The molecular formula is C17H13N2O4-. The van der Waals surface area contributed by atoms with E-state index in [1.54, 1.807) is 48.5 Å². The highest BCUT2D eigenvalue weighted by atomic mass is 16.4. The van der Waals surface area contributed by atoms with Crippen molar-refractivity contribution < 1.29 is 19.5 Å². The van der Waals surface area contributed by atoms with E-state index in [1.165, 1.54) is 12.1 Å². The van der Waals surface area contributed by atoms with Crippen LogP contribution in [0.2, 0.25) is 0 Å². The average molecular weight is 309 g/mol. The number of carbonyl (C=O) groups excluding carboxylic acids is 3. The van der Waals surface area contributed by atoms with E-state index < -0.39 is 17.9 Å². The van der Waals surface area contributed by atoms with Gasteiger partial charge in [-0.15, -0.1) is 0 Å². The second-order valence-electron chi connectivity index (χ2n) is 4.56. The maximum Gasteiger partial charge on any atom is 0.326 e. The zero-order chi connectivity index (χ0) is 16.8. The Bertz CT molecular complexity index is 769. The molecule has 0 fully saturated rings. The molecule has 0 aliphatic heterocycles. The fourth-order valence-electron chi connectivity index (χ4n) is 2.03. The van der Waals surface area contributed by atoms with E-state index in [0.717, 1.165) is 11.0 Å². The van der Waals surface area contributed by atoms with Gasteiger partial charge in [0.05, 0.1) is 11.7 Å². The molecule has 3 amide bonds. The van der Waals surface area contributed by atoms with Crippen LogP contribution in [0.5, 0.6) is 0 Å². The highest BCUT2D eigenvalue weighted by Crippen LogP contribution is 2.23. The Morgan fingerprint density at radius 1 is 0.957 bits per heavy atom. The number of primary amides is 1. The van der Waals surface area contributed by atoms with Crippen molar-refractivity contribution in [3.63, 3.8) is 0 Å². The Morgan fingerprint density at radius 2 is 1.57 bits per heavy atom. The Labute approximate surface area is 132 Å². The molecule has 0 aliphatic rings. The van der Waals surface area contributed by atoms with Crippen molar-refractivity contribution in [1.29, 1.82) is 0 Å². The summed E-state index contributed by atoms with van der Waals surface area (Å²) < 4.78 is 0. The van der Waals surface area contributed by atoms with Crippen LogP contribution in [-0.2, 0) is 4.79 Å². The van der Waals surface area contributed by atoms with Crippen molar-refractivity contribution in [3.05, 3.63) is 71.8 Å². The Hall–Kier alpha value is -3.41. The van der Waals surface area contributed by atoms with Gasteiger partial charge in [-0.05, 0) is 29.8 Å². The Morgan fingerprint density at radius 3 is 2.17 bits per heavy atom. The minimum Gasteiger partial charge on any atom is -0.545 e. The van der Waals surface area contributed by atoms with Crippen LogP contribution in [0.15, 0.2) is 60.7 Å². The maximum absolute atomic E-state index is 12.5. The van der Waals surface area contributed by atoms with Crippen molar-refractivity contribution in [2.45, 2.75) is 0 Å². The first-order chi connectivity index (χ1) is 11.0. The minimum absolute atomic E-state index is 0.186. The lowest BCUT2D eigenvalue weighted by molar-refractivity contribution is -0.297. The number of urea groups is 1. The fraction of sp³-hybridized carbons (Fsp3) is 0. The number of nitrogens with two attached hydrogens (primary N) is 1. The van der Waals surface area contributed by atoms with Crippen molar-refractivity contribution in [2.75, 3.05) is 4.90 Å². The molecule has 0 spiro atoms. The van der Waals surface area contributed by atoms with Crippen LogP contribution in [0, 0.1) is 0 Å². The number of benzene rings is 2. The number of amides is 3. The third-order valence-electron chi connectivity index (χ3n) is 3.02. The molecule has 0 radical (unpaired) electrons. The van der Waals surface area contributed by atoms with Gasteiger partial charge in [0.2, 0.25) is 0 Å². The van der Waals surface area contributed by atoms with Gasteiger partial charge in [0.15, 0.2) is 0 Å². The molecule has 0 aromatic heterocycles. The first kappa shape index (κ1) is 16.0. The molecule has 0 unspecified atom stereocenters. The number of hydrogen-bond acceptors (Lipinski definition) is 4. The quantitative estimate of drug-likeness (QED) is 0.856. The van der Waals surface area contributed by atoms with Gasteiger partial charge in [0, 0.05) is 5.56 Å². The lowest BCUT2D eigenvalue weighted by atomic mass is 10.1. The molecule has 23 heavy (non-hydrogen) atoms. The lowest BCUT2D eigenvalue weighted by Crippen LogP contribution is -2.41. The van der Waals surface area contributed by atoms with E-state index in [4.69, 9.17) is 5.73 Å². The van der Waals surface area contributed by atoms with Crippen molar-refractivity contribution in [2.24, 2.45) is 5.73 Å². The molecule has 0 aliphatic carbocycles. The molecule has 0 bridgehead atoms. The second kappa shape index (κ2) is 7.04. The number of para-hydroxylation sites is 1. The topological polar surface area (TPSA) is 104 Å². The summed E-state index contributed by atoms with van der Waals surface area (Å²) in [6, 6.07) is 13.5. The summed E-state index contributed by atoms with van der Waals surface area (Å²) >= 11 is 0. The van der Waals surface area contributed by atoms with E-state index in [1.807, 2.05) is 0 Å². The summed E-state index contributed by atoms with van der Waals surface area (Å²) in [6.07, 6.45) is 2.05. The number of hydrogen-bond donors (Lipinski definition) is 1. The van der Waals surface area contributed by atoms with Gasteiger partial charge >= 0.3 is 6.03 Å². The van der Waals surface area contributed by atoms with E-state index in [2.05, 4.69) is 0 Å². The summed E-state index contributed by atoms with van der Waals surface area (Å²) in [5.74, 6) is -1.99. The average Bonchev–Trinajstić information content (AvgIpc) is 2.54. The number of carbonyl (C=O) groups is 3. The third kappa shape index (κ3) is 3.82. The summed E-state index contributed by atoms with van der Waals surface area (Å²) in [4.78, 5) is 35.7. The van der Waals surface area contributed by atoms with Gasteiger partial charge in [-0.25, -0.2) is 9.69 Å². The zero-order valence-corrected chi connectivity index (χ0v) is 12.0. The highest BCUT2D eigenvalue weighted by Gasteiger charge is 2.24. The highest BCUT2D eigenvalue weighted by molar-refractivity contribution is 6.21. The number of nitrogens with zero attached hydrogens (tertiary/aromatic N) is 1. The molecule has 2 aromatic carbocycles. The van der Waals surface area contributed by atoms with Crippen LogP contribution in [0.3, 0.4) is 0 Å². The van der Waals surface area contributed by atoms with Gasteiger partial charge in [-0.2, -0.15) is 0 Å². The number of anilines is 1. The molecule has 0 heterocycles. The standard InChI is InChI=1S/C17H14N2O4/c18-17(23)19(16(22)13-7-2-1-3-8-13)14-9-5-4-6-12(14)10-11-15(20)21/h1-11H,(H2,18,23)(H,20,21)/p-1/b11-10+. The first-order valence-electron chi connectivity index (χ1n) is 6.67. The van der Waals surface area contributed by atoms with Crippen LogP contribution in [-0.4, -0.2) is 17.9 Å². The van der Waals surface area contributed by atoms with Crippen LogP contribution in [0.25, 0.3) is 6.08 Å². The monoisotopic (exact) mass is 309 g/mol. The molecule has 0 saturated carbocycles. The molecule has 6 heteroatoms. The summed E-state index contributed by atoms with van der Waals surface area (Å²) in [5.41, 5.74) is 6.16. The Balaban J connectivity index is 2.49. The number of carboxylic acids is 1. The first-order valence-corrected chi connectivity index (χ1v) is 6.67. The van der Waals surface area contributed by atoms with E-state index in [0.29, 0.717) is 5.56 Å². The number of aliphatic carboxylic acids is 1.